The third kappa shape index (κ3) is 6.84. The summed E-state index contributed by atoms with van der Waals surface area (Å²) in [5.41, 5.74) is 1.91. The molecule has 3 aromatic heterocycles. The summed E-state index contributed by atoms with van der Waals surface area (Å²) in [4.78, 5) is 21.0. The van der Waals surface area contributed by atoms with Crippen LogP contribution >= 0.6 is 11.6 Å². The number of pyridine rings is 2. The predicted molar refractivity (Wildman–Crippen MR) is 140 cm³/mol. The summed E-state index contributed by atoms with van der Waals surface area (Å²) in [5, 5.41) is 2.91. The van der Waals surface area contributed by atoms with Gasteiger partial charge < -0.3 is 14.6 Å². The zero-order valence-electron chi connectivity index (χ0n) is 20.2. The van der Waals surface area contributed by atoms with Gasteiger partial charge in [0.2, 0.25) is 10.0 Å². The highest BCUT2D eigenvalue weighted by molar-refractivity contribution is 7.92. The Balaban J connectivity index is 1.61. The molecule has 0 aliphatic rings. The molecule has 0 radical (unpaired) electrons. The van der Waals surface area contributed by atoms with Crippen LogP contribution in [0.15, 0.2) is 61.2 Å². The Kier molecular flexibility index (Phi) is 7.93. The molecule has 38 heavy (non-hydrogen) atoms. The number of carbonyl (C=O) groups excluding carboxylic acids is 1. The van der Waals surface area contributed by atoms with Gasteiger partial charge in [-0.1, -0.05) is 11.6 Å². The summed E-state index contributed by atoms with van der Waals surface area (Å²) >= 11 is 6.09. The van der Waals surface area contributed by atoms with Crippen molar-refractivity contribution in [3.8, 4) is 17.1 Å². The Labute approximate surface area is 222 Å². The summed E-state index contributed by atoms with van der Waals surface area (Å²) in [7, 11) is -3.55. The topological polar surface area (TPSA) is 115 Å². The van der Waals surface area contributed by atoms with Crippen molar-refractivity contribution < 1.29 is 26.7 Å². The highest BCUT2D eigenvalue weighted by atomic mass is 35.5. The summed E-state index contributed by atoms with van der Waals surface area (Å²) < 4.78 is 60.4. The first kappa shape index (κ1) is 27.0. The molecule has 13 heteroatoms. The van der Waals surface area contributed by atoms with Gasteiger partial charge in [0.25, 0.3) is 5.91 Å². The van der Waals surface area contributed by atoms with Crippen LogP contribution in [0.5, 0.6) is 5.75 Å². The van der Waals surface area contributed by atoms with Crippen LogP contribution in [0.4, 0.5) is 20.2 Å². The minimum Gasteiger partial charge on any atom is -0.486 e. The van der Waals surface area contributed by atoms with Gasteiger partial charge in [0.15, 0.2) is 5.75 Å². The van der Waals surface area contributed by atoms with E-state index in [9.17, 15) is 22.0 Å². The largest absolute Gasteiger partial charge is 0.486 e. The molecule has 198 valence electrons. The first-order valence-electron chi connectivity index (χ1n) is 11.2. The Hall–Kier alpha value is -4.03. The maximum Gasteiger partial charge on any atom is 0.257 e. The normalized spacial score (nSPS) is 11.3. The van der Waals surface area contributed by atoms with Crippen LogP contribution in [-0.2, 0) is 23.2 Å². The van der Waals surface area contributed by atoms with E-state index in [0.29, 0.717) is 17.8 Å². The lowest BCUT2D eigenvalue weighted by Gasteiger charge is -2.12. The second-order valence-electron chi connectivity index (χ2n) is 8.26. The quantitative estimate of drug-likeness (QED) is 0.294. The molecule has 1 aromatic carbocycles. The summed E-state index contributed by atoms with van der Waals surface area (Å²) in [6.07, 6.45) is 6.11. The maximum absolute atomic E-state index is 14.0. The molecule has 0 saturated carbocycles. The summed E-state index contributed by atoms with van der Waals surface area (Å²) in [5.74, 6) is -1.56. The lowest BCUT2D eigenvalue weighted by atomic mass is 10.2. The number of halogens is 3. The molecule has 0 unspecified atom stereocenters. The molecule has 0 aliphatic heterocycles. The van der Waals surface area contributed by atoms with Gasteiger partial charge in [-0.25, -0.2) is 22.2 Å². The van der Waals surface area contributed by atoms with Crippen molar-refractivity contribution in [2.45, 2.75) is 20.1 Å². The van der Waals surface area contributed by atoms with Gasteiger partial charge in [-0.15, -0.1) is 0 Å². The van der Waals surface area contributed by atoms with Crippen molar-refractivity contribution in [3.63, 3.8) is 0 Å². The van der Waals surface area contributed by atoms with Gasteiger partial charge in [0.1, 0.15) is 23.9 Å². The number of rotatable bonds is 9. The Morgan fingerprint density at radius 2 is 1.79 bits per heavy atom. The zero-order chi connectivity index (χ0) is 27.4. The zero-order valence-corrected chi connectivity index (χ0v) is 21.8. The first-order chi connectivity index (χ1) is 18.0. The number of anilines is 2. The Morgan fingerprint density at radius 3 is 2.50 bits per heavy atom. The van der Waals surface area contributed by atoms with Gasteiger partial charge in [-0.2, -0.15) is 0 Å². The lowest BCUT2D eigenvalue weighted by Crippen LogP contribution is -2.13. The van der Waals surface area contributed by atoms with Crippen LogP contribution in [0, 0.1) is 11.6 Å². The fourth-order valence-electron chi connectivity index (χ4n) is 3.65. The highest BCUT2D eigenvalue weighted by Gasteiger charge is 2.19. The van der Waals surface area contributed by atoms with E-state index in [0.717, 1.165) is 24.7 Å². The van der Waals surface area contributed by atoms with Gasteiger partial charge in [-0.3, -0.25) is 14.5 Å². The molecular formula is C25H22ClF2N5O4S. The van der Waals surface area contributed by atoms with Crippen LogP contribution < -0.4 is 14.8 Å². The number of aromatic nitrogens is 3. The number of nitrogens with one attached hydrogen (secondary N) is 2. The monoisotopic (exact) mass is 561 g/mol. The average molecular weight is 562 g/mol. The fourth-order valence-corrected chi connectivity index (χ4v) is 4.43. The molecule has 1 amide bonds. The molecule has 0 saturated heterocycles. The number of nitrogens with zero attached hydrogens (tertiary/aromatic N) is 3. The van der Waals surface area contributed by atoms with Crippen LogP contribution in [0.2, 0.25) is 5.02 Å². The second-order valence-corrected chi connectivity index (χ2v) is 10.4. The molecule has 3 heterocycles. The van der Waals surface area contributed by atoms with Crippen molar-refractivity contribution in [1.82, 2.24) is 14.5 Å². The van der Waals surface area contributed by atoms with Gasteiger partial charge in [0, 0.05) is 41.3 Å². The van der Waals surface area contributed by atoms with Crippen LogP contribution in [0.25, 0.3) is 11.4 Å². The molecule has 2 N–H and O–H groups in total. The molecule has 4 aromatic rings. The first-order valence-corrected chi connectivity index (χ1v) is 13.5. The van der Waals surface area contributed by atoms with Crippen LogP contribution in [-0.4, -0.2) is 35.1 Å². The van der Waals surface area contributed by atoms with Gasteiger partial charge in [0.05, 0.1) is 35.6 Å². The minimum atomic E-state index is -3.55. The van der Waals surface area contributed by atoms with Crippen molar-refractivity contribution in [2.75, 3.05) is 16.3 Å². The number of benzene rings is 1. The van der Waals surface area contributed by atoms with E-state index in [-0.39, 0.29) is 40.0 Å². The minimum absolute atomic E-state index is 0.0817. The van der Waals surface area contributed by atoms with Crippen LogP contribution in [0.3, 0.4) is 0 Å². The number of amides is 1. The smallest absolute Gasteiger partial charge is 0.257 e. The number of ether oxygens (including phenoxy) is 1. The average Bonchev–Trinajstić information content (AvgIpc) is 3.26. The lowest BCUT2D eigenvalue weighted by molar-refractivity contribution is 0.102. The number of sulfonamides is 1. The Morgan fingerprint density at radius 1 is 1.05 bits per heavy atom. The summed E-state index contributed by atoms with van der Waals surface area (Å²) in [6.45, 7) is 2.23. The molecule has 4 rings (SSSR count). The van der Waals surface area contributed by atoms with Crippen LogP contribution in [0.1, 0.15) is 22.8 Å². The number of hydrogen-bond donors (Lipinski definition) is 2. The van der Waals surface area contributed by atoms with Crippen molar-refractivity contribution in [2.24, 2.45) is 0 Å². The van der Waals surface area contributed by atoms with Crippen molar-refractivity contribution in [1.29, 1.82) is 0 Å². The van der Waals surface area contributed by atoms with Gasteiger partial charge >= 0.3 is 0 Å². The predicted octanol–water partition coefficient (Wildman–Crippen LogP) is 5.10. The highest BCUT2D eigenvalue weighted by Crippen LogP contribution is 2.31. The SMILES string of the molecule is CCn1cc(C(=O)Nc2cc(Cl)cc(NS(C)(=O)=O)c2)cc1-c1ncc(F)cc1OCc1cncc(F)c1. The molecule has 0 spiro atoms. The molecule has 0 bridgehead atoms. The number of carbonyl (C=O) groups is 1. The van der Waals surface area contributed by atoms with E-state index in [1.807, 2.05) is 6.92 Å². The van der Waals surface area contributed by atoms with E-state index < -0.39 is 27.6 Å². The molecule has 0 atom stereocenters. The number of hydrogen-bond acceptors (Lipinski definition) is 6. The standard InChI is InChI=1S/C25H22ClF2N5O4S/c1-3-33-13-16(25(34)31-20-6-17(26)7-21(9-20)32-38(2,35)36)5-22(33)24-23(8-19(28)12-30-24)37-14-15-4-18(27)11-29-10-15/h4-13,32H,3,14H2,1-2H3,(H,31,34). The molecule has 0 aliphatic carbocycles. The van der Waals surface area contributed by atoms with E-state index in [2.05, 4.69) is 20.0 Å². The third-order valence-electron chi connectivity index (χ3n) is 5.18. The molecule has 9 nitrogen and oxygen atoms in total. The number of aryl methyl sites for hydroxylation is 1. The van der Waals surface area contributed by atoms with E-state index >= 15 is 0 Å². The van der Waals surface area contributed by atoms with E-state index in [1.54, 1.807) is 16.8 Å². The van der Waals surface area contributed by atoms with Gasteiger partial charge in [-0.05, 0) is 37.3 Å². The molecule has 0 fully saturated rings. The van der Waals surface area contributed by atoms with Crippen molar-refractivity contribution in [3.05, 3.63) is 89.0 Å². The third-order valence-corrected chi connectivity index (χ3v) is 6.00. The second kappa shape index (κ2) is 11.2. The fraction of sp³-hybridized carbons (Fsp3) is 0.160. The van der Waals surface area contributed by atoms with Crippen molar-refractivity contribution >= 4 is 38.9 Å². The summed E-state index contributed by atoms with van der Waals surface area (Å²) in [6, 6.07) is 8.28. The molecular weight excluding hydrogens is 540 g/mol. The van der Waals surface area contributed by atoms with E-state index in [4.69, 9.17) is 16.3 Å². The maximum atomic E-state index is 14.0. The Bertz CT molecular complexity index is 1610. The van der Waals surface area contributed by atoms with E-state index in [1.165, 1.54) is 30.5 Å².